The number of furan rings is 1. The molecule has 2 heterocycles. The molecule has 0 saturated heterocycles. The minimum atomic E-state index is 0.908. The van der Waals surface area contributed by atoms with Crippen molar-refractivity contribution in [3.05, 3.63) is 170 Å². The van der Waals surface area contributed by atoms with E-state index < -0.39 is 0 Å². The van der Waals surface area contributed by atoms with Gasteiger partial charge in [0.2, 0.25) is 0 Å². The Hall–Kier alpha value is -6.48. The molecule has 0 aliphatic heterocycles. The van der Waals surface area contributed by atoms with Crippen LogP contribution in [0.2, 0.25) is 0 Å². The van der Waals surface area contributed by atoms with E-state index in [1.165, 1.54) is 96.3 Å². The summed E-state index contributed by atoms with van der Waals surface area (Å²) in [5.41, 5.74) is 6.64. The van der Waals surface area contributed by atoms with Crippen LogP contribution >= 0.6 is 11.3 Å². The van der Waals surface area contributed by atoms with E-state index in [-0.39, 0.29) is 0 Å². The maximum absolute atomic E-state index is 6.39. The van der Waals surface area contributed by atoms with E-state index in [0.717, 1.165) is 21.9 Å². The van der Waals surface area contributed by atoms with Gasteiger partial charge in [-0.1, -0.05) is 133 Å². The molecule has 0 aliphatic carbocycles. The standard InChI is InChI=1S/C50H28OS/c1-3-11-34-29(8-1)10-7-15-35(34)33-18-24-46-44(28-33)43-27-32(17-23-45(43)51-46)31-16-20-40-42(26-31)38-14-6-5-13-37(38)39-21-22-41-48-36-12-4-2-9-30(36)19-25-47(48)52-50(41)49(39)40/h1-28H. The number of rotatable bonds is 2. The highest BCUT2D eigenvalue weighted by Gasteiger charge is 2.17. The van der Waals surface area contributed by atoms with Crippen LogP contribution in [0.5, 0.6) is 0 Å². The average molecular weight is 677 g/mol. The van der Waals surface area contributed by atoms with Crippen molar-refractivity contribution < 1.29 is 4.42 Å². The fourth-order valence-electron chi connectivity index (χ4n) is 8.82. The van der Waals surface area contributed by atoms with Crippen molar-refractivity contribution in [3.63, 3.8) is 0 Å². The molecule has 240 valence electrons. The molecule has 0 saturated carbocycles. The molecule has 0 fully saturated rings. The van der Waals surface area contributed by atoms with Crippen molar-refractivity contribution in [2.24, 2.45) is 0 Å². The molecule has 0 aliphatic rings. The molecule has 12 rings (SSSR count). The molecular formula is C50H28OS. The maximum Gasteiger partial charge on any atom is 0.135 e. The lowest BCUT2D eigenvalue weighted by atomic mass is 9.91. The van der Waals surface area contributed by atoms with Gasteiger partial charge in [0.15, 0.2) is 0 Å². The van der Waals surface area contributed by atoms with Crippen LogP contribution in [0.15, 0.2) is 174 Å². The van der Waals surface area contributed by atoms with Crippen LogP contribution in [0.3, 0.4) is 0 Å². The SMILES string of the molecule is c1ccc2c(-c3ccc4oc5ccc(-c6ccc7c(c6)c6ccccc6c6ccc8c(sc9ccc%10ccccc%10c98)c67)cc5c4c3)cccc2c1. The van der Waals surface area contributed by atoms with E-state index in [1.54, 1.807) is 0 Å². The number of benzene rings is 10. The molecule has 0 amide bonds. The number of hydrogen-bond donors (Lipinski definition) is 0. The Morgan fingerprint density at radius 2 is 0.885 bits per heavy atom. The predicted molar refractivity (Wildman–Crippen MR) is 225 cm³/mol. The Bertz CT molecular complexity index is 3470. The number of thiophene rings is 1. The summed E-state index contributed by atoms with van der Waals surface area (Å²) in [5, 5.41) is 17.9. The first kappa shape index (κ1) is 28.2. The fraction of sp³-hybridized carbons (Fsp3) is 0. The van der Waals surface area contributed by atoms with Crippen molar-refractivity contribution in [1.82, 2.24) is 0 Å². The van der Waals surface area contributed by atoms with Gasteiger partial charge in [0.25, 0.3) is 0 Å². The molecule has 0 N–H and O–H groups in total. The zero-order chi connectivity index (χ0) is 33.9. The van der Waals surface area contributed by atoms with Gasteiger partial charge in [0, 0.05) is 36.3 Å². The lowest BCUT2D eigenvalue weighted by molar-refractivity contribution is 0.669. The van der Waals surface area contributed by atoms with Crippen molar-refractivity contribution in [3.8, 4) is 22.3 Å². The van der Waals surface area contributed by atoms with Crippen LogP contribution in [-0.2, 0) is 0 Å². The molecular weight excluding hydrogens is 649 g/mol. The zero-order valence-electron chi connectivity index (χ0n) is 28.0. The van der Waals surface area contributed by atoms with Crippen LogP contribution < -0.4 is 0 Å². The maximum atomic E-state index is 6.39. The quantitative estimate of drug-likeness (QED) is 0.166. The molecule has 52 heavy (non-hydrogen) atoms. The summed E-state index contributed by atoms with van der Waals surface area (Å²) in [6.07, 6.45) is 0. The second-order valence-electron chi connectivity index (χ2n) is 14.0. The third kappa shape index (κ3) is 3.93. The van der Waals surface area contributed by atoms with E-state index in [4.69, 9.17) is 4.42 Å². The smallest absolute Gasteiger partial charge is 0.135 e. The van der Waals surface area contributed by atoms with E-state index in [1.807, 2.05) is 11.3 Å². The summed E-state index contributed by atoms with van der Waals surface area (Å²) in [6, 6.07) is 62.4. The average Bonchev–Trinajstić information content (AvgIpc) is 3.78. The van der Waals surface area contributed by atoms with Gasteiger partial charge in [0.05, 0.1) is 0 Å². The minimum absolute atomic E-state index is 0.908. The van der Waals surface area contributed by atoms with E-state index >= 15 is 0 Å². The van der Waals surface area contributed by atoms with Gasteiger partial charge >= 0.3 is 0 Å². The number of fused-ring (bicyclic) bond motifs is 16. The molecule has 2 aromatic heterocycles. The summed E-state index contributed by atoms with van der Waals surface area (Å²) < 4.78 is 9.09. The van der Waals surface area contributed by atoms with Gasteiger partial charge in [-0.05, 0) is 107 Å². The highest BCUT2D eigenvalue weighted by molar-refractivity contribution is 7.27. The first-order valence-electron chi connectivity index (χ1n) is 17.8. The van der Waals surface area contributed by atoms with Crippen LogP contribution in [0.25, 0.3) is 118 Å². The number of hydrogen-bond acceptors (Lipinski definition) is 2. The van der Waals surface area contributed by atoms with Gasteiger partial charge in [-0.25, -0.2) is 0 Å². The molecule has 0 spiro atoms. The van der Waals surface area contributed by atoms with E-state index in [2.05, 4.69) is 170 Å². The van der Waals surface area contributed by atoms with Crippen molar-refractivity contribution in [1.29, 1.82) is 0 Å². The summed E-state index contributed by atoms with van der Waals surface area (Å²) in [6.45, 7) is 0. The Kier molecular flexibility index (Phi) is 5.71. The third-order valence-corrected chi connectivity index (χ3v) is 12.4. The normalized spacial score (nSPS) is 12.2. The molecule has 2 heteroatoms. The largest absolute Gasteiger partial charge is 0.456 e. The van der Waals surface area contributed by atoms with Gasteiger partial charge in [-0.3, -0.25) is 0 Å². The Balaban J connectivity index is 1.09. The fourth-order valence-corrected chi connectivity index (χ4v) is 10.1. The second kappa shape index (κ2) is 10.5. The summed E-state index contributed by atoms with van der Waals surface area (Å²) in [5.74, 6) is 0. The van der Waals surface area contributed by atoms with Gasteiger partial charge in [-0.15, -0.1) is 11.3 Å². The van der Waals surface area contributed by atoms with Crippen LogP contribution in [-0.4, -0.2) is 0 Å². The monoisotopic (exact) mass is 676 g/mol. The highest BCUT2D eigenvalue weighted by atomic mass is 32.1. The van der Waals surface area contributed by atoms with Gasteiger partial charge in [-0.2, -0.15) is 0 Å². The second-order valence-corrected chi connectivity index (χ2v) is 15.0. The van der Waals surface area contributed by atoms with Crippen molar-refractivity contribution in [2.45, 2.75) is 0 Å². The first-order chi connectivity index (χ1) is 25.8. The topological polar surface area (TPSA) is 13.1 Å². The van der Waals surface area contributed by atoms with Gasteiger partial charge < -0.3 is 4.42 Å². The van der Waals surface area contributed by atoms with Crippen molar-refractivity contribution in [2.75, 3.05) is 0 Å². The molecule has 0 atom stereocenters. The highest BCUT2D eigenvalue weighted by Crippen LogP contribution is 2.47. The molecule has 0 unspecified atom stereocenters. The van der Waals surface area contributed by atoms with Crippen molar-refractivity contribution >= 4 is 107 Å². The molecule has 0 radical (unpaired) electrons. The van der Waals surface area contributed by atoms with Gasteiger partial charge in [0.1, 0.15) is 11.2 Å². The first-order valence-corrected chi connectivity index (χ1v) is 18.6. The lowest BCUT2D eigenvalue weighted by Crippen LogP contribution is -1.86. The Morgan fingerprint density at radius 1 is 0.327 bits per heavy atom. The van der Waals surface area contributed by atoms with E-state index in [0.29, 0.717) is 0 Å². The van der Waals surface area contributed by atoms with Crippen LogP contribution in [0, 0.1) is 0 Å². The molecule has 0 bridgehead atoms. The molecule has 1 nitrogen and oxygen atoms in total. The summed E-state index contributed by atoms with van der Waals surface area (Å²) >= 11 is 1.92. The van der Waals surface area contributed by atoms with Crippen LogP contribution in [0.4, 0.5) is 0 Å². The Morgan fingerprint density at radius 3 is 1.69 bits per heavy atom. The Labute approximate surface area is 302 Å². The van der Waals surface area contributed by atoms with E-state index in [9.17, 15) is 0 Å². The zero-order valence-corrected chi connectivity index (χ0v) is 28.8. The predicted octanol–water partition coefficient (Wildman–Crippen LogP) is 15.1. The molecule has 10 aromatic carbocycles. The summed E-state index contributed by atoms with van der Waals surface area (Å²) in [7, 11) is 0. The molecule has 12 aromatic rings. The lowest BCUT2D eigenvalue weighted by Gasteiger charge is -2.13. The summed E-state index contributed by atoms with van der Waals surface area (Å²) in [4.78, 5) is 0. The third-order valence-electron chi connectivity index (χ3n) is 11.2. The van der Waals surface area contributed by atoms with Crippen LogP contribution in [0.1, 0.15) is 0 Å². The minimum Gasteiger partial charge on any atom is -0.456 e.